The van der Waals surface area contributed by atoms with E-state index in [0.717, 1.165) is 5.70 Å². The number of nitrogens with one attached hydrogen (secondary N) is 1. The summed E-state index contributed by atoms with van der Waals surface area (Å²) in [4.78, 5) is 0. The highest BCUT2D eigenvalue weighted by Gasteiger charge is 1.74. The van der Waals surface area contributed by atoms with Gasteiger partial charge in [-0.05, 0) is 13.8 Å². The maximum Gasteiger partial charge on any atom is 0.0762 e. The van der Waals surface area contributed by atoms with Gasteiger partial charge in [0.25, 0.3) is 0 Å². The van der Waals surface area contributed by atoms with E-state index in [1.54, 1.807) is 0 Å². The van der Waals surface area contributed by atoms with Crippen LogP contribution in [0.5, 0.6) is 0 Å². The summed E-state index contributed by atoms with van der Waals surface area (Å²) in [5, 5.41) is 2.98. The first-order chi connectivity index (χ1) is 3.77. The summed E-state index contributed by atoms with van der Waals surface area (Å²) in [5.74, 6) is 5.63. The minimum atomic E-state index is 0.714. The molecule has 0 saturated heterocycles. The third kappa shape index (κ3) is 5.10. The van der Waals surface area contributed by atoms with Gasteiger partial charge in [-0.15, -0.1) is 5.92 Å². The molecule has 0 saturated carbocycles. The summed E-state index contributed by atoms with van der Waals surface area (Å²) in [6.07, 6.45) is 0. The van der Waals surface area contributed by atoms with Gasteiger partial charge < -0.3 is 5.32 Å². The molecule has 0 spiro atoms. The molecule has 0 aromatic carbocycles. The van der Waals surface area contributed by atoms with Crippen LogP contribution < -0.4 is 5.32 Å². The van der Waals surface area contributed by atoms with E-state index in [-0.39, 0.29) is 0 Å². The Morgan fingerprint density at radius 3 is 2.75 bits per heavy atom. The van der Waals surface area contributed by atoms with Crippen LogP contribution in [0.15, 0.2) is 12.3 Å². The Labute approximate surface area is 50.8 Å². The molecule has 0 heterocycles. The third-order valence-corrected chi connectivity index (χ3v) is 0.655. The van der Waals surface area contributed by atoms with E-state index in [0.29, 0.717) is 6.54 Å². The van der Waals surface area contributed by atoms with Gasteiger partial charge in [-0.25, -0.2) is 0 Å². The van der Waals surface area contributed by atoms with Gasteiger partial charge in [0.05, 0.1) is 6.54 Å². The van der Waals surface area contributed by atoms with E-state index >= 15 is 0 Å². The quantitative estimate of drug-likeness (QED) is 0.524. The summed E-state index contributed by atoms with van der Waals surface area (Å²) in [6.45, 7) is 8.10. The Hall–Kier alpha value is -0.900. The van der Waals surface area contributed by atoms with Crippen molar-refractivity contribution in [3.05, 3.63) is 12.3 Å². The lowest BCUT2D eigenvalue weighted by molar-refractivity contribution is 0.927. The maximum atomic E-state index is 3.65. The molecular weight excluding hydrogens is 98.1 g/mol. The van der Waals surface area contributed by atoms with Crippen LogP contribution in [0.1, 0.15) is 13.8 Å². The molecule has 8 heavy (non-hydrogen) atoms. The van der Waals surface area contributed by atoms with Crippen LogP contribution in [0, 0.1) is 11.8 Å². The van der Waals surface area contributed by atoms with E-state index in [2.05, 4.69) is 23.7 Å². The van der Waals surface area contributed by atoms with Crippen molar-refractivity contribution in [3.63, 3.8) is 0 Å². The summed E-state index contributed by atoms with van der Waals surface area (Å²) in [6, 6.07) is 0. The molecule has 0 aliphatic carbocycles. The average Bonchev–Trinajstić information content (AvgIpc) is 1.66. The second-order valence-electron chi connectivity index (χ2n) is 1.56. The highest BCUT2D eigenvalue weighted by atomic mass is 14.8. The smallest absolute Gasteiger partial charge is 0.0762 e. The zero-order valence-corrected chi connectivity index (χ0v) is 5.41. The van der Waals surface area contributed by atoms with Gasteiger partial charge in [0.2, 0.25) is 0 Å². The molecule has 0 aliphatic heterocycles. The summed E-state index contributed by atoms with van der Waals surface area (Å²) >= 11 is 0. The molecular formula is C7H11N. The van der Waals surface area contributed by atoms with E-state index in [1.165, 1.54) is 0 Å². The molecule has 0 radical (unpaired) electrons. The molecule has 0 bridgehead atoms. The topological polar surface area (TPSA) is 12.0 Å². The lowest BCUT2D eigenvalue weighted by Gasteiger charge is -1.95. The van der Waals surface area contributed by atoms with E-state index in [9.17, 15) is 0 Å². The molecule has 0 aromatic heterocycles. The average molecular weight is 109 g/mol. The lowest BCUT2D eigenvalue weighted by atomic mass is 10.5. The monoisotopic (exact) mass is 109 g/mol. The number of hydrogen-bond donors (Lipinski definition) is 1. The summed E-state index contributed by atoms with van der Waals surface area (Å²) in [7, 11) is 0. The van der Waals surface area contributed by atoms with E-state index < -0.39 is 0 Å². The number of hydrogen-bond acceptors (Lipinski definition) is 1. The van der Waals surface area contributed by atoms with Crippen molar-refractivity contribution in [1.29, 1.82) is 0 Å². The number of allylic oxidation sites excluding steroid dienone is 1. The fraction of sp³-hybridized carbons (Fsp3) is 0.429. The Morgan fingerprint density at radius 2 is 2.38 bits per heavy atom. The van der Waals surface area contributed by atoms with E-state index in [1.807, 2.05) is 13.8 Å². The summed E-state index contributed by atoms with van der Waals surface area (Å²) in [5.41, 5.74) is 0.966. The first-order valence-corrected chi connectivity index (χ1v) is 2.56. The molecule has 0 fully saturated rings. The molecule has 0 amide bonds. The molecule has 1 N–H and O–H groups in total. The highest BCUT2D eigenvalue weighted by molar-refractivity contribution is 5.00. The number of rotatable bonds is 2. The van der Waals surface area contributed by atoms with Crippen molar-refractivity contribution >= 4 is 0 Å². The molecule has 1 nitrogen and oxygen atoms in total. The second-order valence-corrected chi connectivity index (χ2v) is 1.56. The Bertz CT molecular complexity index is 125. The molecule has 1 heteroatoms. The van der Waals surface area contributed by atoms with E-state index in [4.69, 9.17) is 0 Å². The van der Waals surface area contributed by atoms with Gasteiger partial charge in [-0.1, -0.05) is 12.5 Å². The molecule has 0 unspecified atom stereocenters. The van der Waals surface area contributed by atoms with Crippen molar-refractivity contribution < 1.29 is 0 Å². The Balaban J connectivity index is 3.14. The van der Waals surface area contributed by atoms with Gasteiger partial charge in [0.1, 0.15) is 0 Å². The Kier molecular flexibility index (Phi) is 3.78. The largest absolute Gasteiger partial charge is 0.378 e. The predicted octanol–water partition coefficient (Wildman–Crippen LogP) is 1.13. The molecule has 0 aromatic rings. The minimum absolute atomic E-state index is 0.714. The second kappa shape index (κ2) is 4.26. The van der Waals surface area contributed by atoms with Crippen molar-refractivity contribution in [2.24, 2.45) is 0 Å². The Morgan fingerprint density at radius 1 is 1.75 bits per heavy atom. The fourth-order valence-electron chi connectivity index (χ4n) is 0.283. The van der Waals surface area contributed by atoms with Crippen LogP contribution in [0.4, 0.5) is 0 Å². The zero-order chi connectivity index (χ0) is 6.41. The standard InChI is InChI=1S/C7H11N/c1-4-5-6-8-7(2)3/h8H,2,6H2,1,3H3. The first kappa shape index (κ1) is 7.10. The van der Waals surface area contributed by atoms with Gasteiger partial charge in [-0.3, -0.25) is 0 Å². The van der Waals surface area contributed by atoms with Crippen LogP contribution >= 0.6 is 0 Å². The van der Waals surface area contributed by atoms with Crippen molar-refractivity contribution in [1.82, 2.24) is 5.32 Å². The van der Waals surface area contributed by atoms with Crippen LogP contribution in [-0.4, -0.2) is 6.54 Å². The fourth-order valence-corrected chi connectivity index (χ4v) is 0.283. The normalized spacial score (nSPS) is 6.75. The predicted molar refractivity (Wildman–Crippen MR) is 36.3 cm³/mol. The van der Waals surface area contributed by atoms with Crippen LogP contribution in [-0.2, 0) is 0 Å². The van der Waals surface area contributed by atoms with Crippen molar-refractivity contribution in [3.8, 4) is 11.8 Å². The maximum absolute atomic E-state index is 3.65. The SMILES string of the molecule is C=C(C)NCC#CC. The van der Waals surface area contributed by atoms with Gasteiger partial charge >= 0.3 is 0 Å². The molecule has 0 rings (SSSR count). The van der Waals surface area contributed by atoms with Gasteiger partial charge in [-0.2, -0.15) is 0 Å². The third-order valence-electron chi connectivity index (χ3n) is 0.655. The lowest BCUT2D eigenvalue weighted by Crippen LogP contribution is -2.09. The van der Waals surface area contributed by atoms with Crippen molar-refractivity contribution in [2.75, 3.05) is 6.54 Å². The molecule has 0 aliphatic rings. The molecule has 44 valence electrons. The summed E-state index contributed by atoms with van der Waals surface area (Å²) < 4.78 is 0. The first-order valence-electron chi connectivity index (χ1n) is 2.56. The van der Waals surface area contributed by atoms with Crippen LogP contribution in [0.25, 0.3) is 0 Å². The van der Waals surface area contributed by atoms with Crippen LogP contribution in [0.3, 0.4) is 0 Å². The van der Waals surface area contributed by atoms with Crippen LogP contribution in [0.2, 0.25) is 0 Å². The van der Waals surface area contributed by atoms with Gasteiger partial charge in [0.15, 0.2) is 0 Å². The molecule has 0 atom stereocenters. The zero-order valence-electron chi connectivity index (χ0n) is 5.41. The van der Waals surface area contributed by atoms with Crippen molar-refractivity contribution in [2.45, 2.75) is 13.8 Å². The minimum Gasteiger partial charge on any atom is -0.378 e. The van der Waals surface area contributed by atoms with Gasteiger partial charge in [0, 0.05) is 5.70 Å². The highest BCUT2D eigenvalue weighted by Crippen LogP contribution is 1.73.